The number of piperidine rings is 1. The van der Waals surface area contributed by atoms with Gasteiger partial charge in [-0.1, -0.05) is 18.8 Å². The number of rotatable bonds is 3. The molecule has 1 N–H and O–H groups in total. The number of imidazole rings is 1. The third kappa shape index (κ3) is 5.74. The molecule has 2 aromatic heterocycles. The summed E-state index contributed by atoms with van der Waals surface area (Å²) in [4.78, 5) is 43.7. The highest BCUT2D eigenvalue weighted by atomic mass is 16.6. The smallest absolute Gasteiger partial charge is 0.410 e. The lowest BCUT2D eigenvalue weighted by molar-refractivity contribution is -0.120. The number of anilines is 1. The third-order valence-corrected chi connectivity index (χ3v) is 5.92. The van der Waals surface area contributed by atoms with Gasteiger partial charge in [0.25, 0.3) is 0 Å². The minimum atomic E-state index is -0.513. The Morgan fingerprint density at radius 3 is 2.80 bits per heavy atom. The molecule has 0 aromatic carbocycles. The van der Waals surface area contributed by atoms with Gasteiger partial charge in [-0.3, -0.25) is 19.4 Å². The van der Waals surface area contributed by atoms with Crippen LogP contribution >= 0.6 is 0 Å². The van der Waals surface area contributed by atoms with E-state index in [9.17, 15) is 14.4 Å². The van der Waals surface area contributed by atoms with Gasteiger partial charge in [-0.2, -0.15) is 0 Å². The number of hydrogen-bond acceptors (Lipinski definition) is 6. The van der Waals surface area contributed by atoms with Crippen LogP contribution in [0, 0.1) is 17.8 Å². The molecule has 2 atom stereocenters. The molecule has 35 heavy (non-hydrogen) atoms. The van der Waals surface area contributed by atoms with Crippen LogP contribution in [-0.2, 0) is 14.3 Å². The summed E-state index contributed by atoms with van der Waals surface area (Å²) in [6.45, 7) is 9.37. The summed E-state index contributed by atoms with van der Waals surface area (Å²) in [5.41, 5.74) is 0.823. The molecule has 2 aliphatic heterocycles. The second-order valence-electron chi connectivity index (χ2n) is 9.83. The van der Waals surface area contributed by atoms with Crippen molar-refractivity contribution in [2.75, 3.05) is 31.1 Å². The Labute approximate surface area is 204 Å². The van der Waals surface area contributed by atoms with Gasteiger partial charge < -0.3 is 14.4 Å². The number of likely N-dealkylation sites (tertiary alicyclic amines) is 1. The Balaban J connectivity index is 1.36. The molecule has 0 aliphatic carbocycles. The molecule has 2 fully saturated rings. The fourth-order valence-corrected chi connectivity index (χ4v) is 4.22. The number of aromatic nitrogens is 2. The molecule has 186 valence electrons. The lowest BCUT2D eigenvalue weighted by atomic mass is 9.97. The second-order valence-corrected chi connectivity index (χ2v) is 9.83. The maximum Gasteiger partial charge on any atom is 0.410 e. The predicted molar refractivity (Wildman–Crippen MR) is 129 cm³/mol. The zero-order chi connectivity index (χ0) is 25.2. The van der Waals surface area contributed by atoms with E-state index >= 15 is 0 Å². The van der Waals surface area contributed by atoms with Crippen molar-refractivity contribution in [1.29, 1.82) is 0 Å². The van der Waals surface area contributed by atoms with Gasteiger partial charge in [-0.05, 0) is 39.3 Å². The quantitative estimate of drug-likeness (QED) is 0.676. The molecule has 0 saturated carbocycles. The Morgan fingerprint density at radius 2 is 2.09 bits per heavy atom. The fourth-order valence-electron chi connectivity index (χ4n) is 4.22. The van der Waals surface area contributed by atoms with E-state index in [1.807, 2.05) is 39.1 Å². The van der Waals surface area contributed by atoms with Crippen LogP contribution in [0.15, 0.2) is 24.5 Å². The maximum absolute atomic E-state index is 12.3. The number of amides is 4. The number of carbonyl (C=O) groups is 3. The molecule has 4 rings (SSSR count). The number of urea groups is 1. The van der Waals surface area contributed by atoms with Crippen molar-refractivity contribution in [2.24, 2.45) is 5.92 Å². The van der Waals surface area contributed by atoms with E-state index in [-0.39, 0.29) is 37.0 Å². The van der Waals surface area contributed by atoms with Crippen molar-refractivity contribution in [3.63, 3.8) is 0 Å². The van der Waals surface area contributed by atoms with Crippen molar-refractivity contribution in [3.8, 4) is 11.8 Å². The molecule has 0 unspecified atom stereocenters. The van der Waals surface area contributed by atoms with Crippen molar-refractivity contribution in [1.82, 2.24) is 19.6 Å². The number of hydrogen-bond donors (Lipinski definition) is 1. The van der Waals surface area contributed by atoms with Crippen LogP contribution in [0.5, 0.6) is 0 Å². The highest BCUT2D eigenvalue weighted by molar-refractivity contribution is 6.05. The van der Waals surface area contributed by atoms with Gasteiger partial charge in [0, 0.05) is 38.2 Å². The number of carbonyl (C=O) groups excluding carboxylic acids is 3. The first-order valence-corrected chi connectivity index (χ1v) is 11.8. The van der Waals surface area contributed by atoms with Gasteiger partial charge in [0.05, 0.1) is 17.9 Å². The molecule has 0 spiro atoms. The highest BCUT2D eigenvalue weighted by Gasteiger charge is 2.31. The molecule has 4 heterocycles. The summed E-state index contributed by atoms with van der Waals surface area (Å²) < 4.78 is 13.3. The SMILES string of the molecule is C[C@@H]1CN(C(=O)OC(C)(C)C)CC[C@H]1OCC#Cc1cccn2c(N3CCC(=O)NC3=O)cnc12. The monoisotopic (exact) mass is 481 g/mol. The second kappa shape index (κ2) is 9.96. The van der Waals surface area contributed by atoms with E-state index in [2.05, 4.69) is 29.1 Å². The van der Waals surface area contributed by atoms with Crippen LogP contribution in [-0.4, -0.2) is 70.3 Å². The first kappa shape index (κ1) is 24.5. The molecule has 0 bridgehead atoms. The first-order chi connectivity index (χ1) is 16.6. The first-order valence-electron chi connectivity index (χ1n) is 11.8. The van der Waals surface area contributed by atoms with Gasteiger partial charge >= 0.3 is 12.1 Å². The largest absolute Gasteiger partial charge is 0.444 e. The van der Waals surface area contributed by atoms with Gasteiger partial charge in [0.15, 0.2) is 5.65 Å². The number of pyridine rings is 1. The lowest BCUT2D eigenvalue weighted by Gasteiger charge is -2.37. The van der Waals surface area contributed by atoms with Crippen molar-refractivity contribution in [2.45, 2.75) is 52.2 Å². The normalized spacial score (nSPS) is 20.9. The standard InChI is InChI=1S/C25H31N5O5/c1-17-16-28(24(33)35-25(2,3)4)12-9-19(17)34-14-6-8-18-7-5-11-29-21(15-26-22(18)29)30-13-10-20(31)27-23(30)32/h5,7,11,15,17,19H,9-10,12-14,16H2,1-4H3,(H,27,31,32)/t17-,19-/m1/s1. The minimum Gasteiger partial charge on any atom is -0.444 e. The maximum atomic E-state index is 12.3. The van der Waals surface area contributed by atoms with Crippen LogP contribution in [0.2, 0.25) is 0 Å². The number of nitrogens with zero attached hydrogens (tertiary/aromatic N) is 4. The number of imide groups is 1. The Kier molecular flexibility index (Phi) is 6.98. The number of ether oxygens (including phenoxy) is 2. The Bertz CT molecular complexity index is 1190. The van der Waals surface area contributed by atoms with Gasteiger partial charge in [-0.25, -0.2) is 14.6 Å². The highest BCUT2D eigenvalue weighted by Crippen LogP contribution is 2.23. The molecule has 2 aromatic rings. The summed E-state index contributed by atoms with van der Waals surface area (Å²) in [5.74, 6) is 6.64. The van der Waals surface area contributed by atoms with E-state index in [4.69, 9.17) is 9.47 Å². The zero-order valence-corrected chi connectivity index (χ0v) is 20.5. The fraction of sp³-hybridized carbons (Fsp3) is 0.520. The average Bonchev–Trinajstić information content (AvgIpc) is 3.21. The molecule has 0 radical (unpaired) electrons. The van der Waals surface area contributed by atoms with Crippen molar-refractivity contribution in [3.05, 3.63) is 30.1 Å². The summed E-state index contributed by atoms with van der Waals surface area (Å²) in [7, 11) is 0. The summed E-state index contributed by atoms with van der Waals surface area (Å²) >= 11 is 0. The molecular weight excluding hydrogens is 450 g/mol. The average molecular weight is 482 g/mol. The van der Waals surface area contributed by atoms with Gasteiger partial charge in [0.2, 0.25) is 5.91 Å². The number of nitrogens with one attached hydrogen (secondary N) is 1. The molecule has 2 aliphatic rings. The van der Waals surface area contributed by atoms with Gasteiger partial charge in [-0.15, -0.1) is 0 Å². The summed E-state index contributed by atoms with van der Waals surface area (Å²) in [6, 6.07) is 3.24. The van der Waals surface area contributed by atoms with Crippen LogP contribution in [0.1, 0.15) is 46.1 Å². The summed E-state index contributed by atoms with van der Waals surface area (Å²) in [6.07, 6.45) is 4.10. The summed E-state index contributed by atoms with van der Waals surface area (Å²) in [5, 5.41) is 2.33. The van der Waals surface area contributed by atoms with E-state index in [1.54, 1.807) is 15.5 Å². The molecule has 2 saturated heterocycles. The Hall–Kier alpha value is -3.58. The van der Waals surface area contributed by atoms with Crippen LogP contribution in [0.3, 0.4) is 0 Å². The molecule has 10 heteroatoms. The molecule has 4 amide bonds. The zero-order valence-electron chi connectivity index (χ0n) is 20.5. The Morgan fingerprint density at radius 1 is 1.29 bits per heavy atom. The predicted octanol–water partition coefficient (Wildman–Crippen LogP) is 2.79. The third-order valence-electron chi connectivity index (χ3n) is 5.92. The molecular formula is C25H31N5O5. The van der Waals surface area contributed by atoms with E-state index in [0.29, 0.717) is 36.7 Å². The topological polar surface area (TPSA) is 105 Å². The van der Waals surface area contributed by atoms with Gasteiger partial charge in [0.1, 0.15) is 18.0 Å². The van der Waals surface area contributed by atoms with E-state index in [1.165, 1.54) is 4.90 Å². The van der Waals surface area contributed by atoms with Crippen LogP contribution in [0.25, 0.3) is 5.65 Å². The van der Waals surface area contributed by atoms with E-state index < -0.39 is 11.6 Å². The minimum absolute atomic E-state index is 0.0112. The van der Waals surface area contributed by atoms with Crippen molar-refractivity contribution < 1.29 is 23.9 Å². The van der Waals surface area contributed by atoms with Crippen LogP contribution in [0.4, 0.5) is 15.4 Å². The van der Waals surface area contributed by atoms with Crippen molar-refractivity contribution >= 4 is 29.5 Å². The lowest BCUT2D eigenvalue weighted by Crippen LogP contribution is -2.50. The molecule has 10 nitrogen and oxygen atoms in total. The number of fused-ring (bicyclic) bond motifs is 1. The van der Waals surface area contributed by atoms with Crippen LogP contribution < -0.4 is 10.2 Å². The van der Waals surface area contributed by atoms with E-state index in [0.717, 1.165) is 6.42 Å².